The summed E-state index contributed by atoms with van der Waals surface area (Å²) >= 11 is 5.32. The Morgan fingerprint density at radius 3 is 2.68 bits per heavy atom. The predicted molar refractivity (Wildman–Crippen MR) is 99.7 cm³/mol. The minimum absolute atomic E-state index is 0.0414. The zero-order chi connectivity index (χ0) is 18.4. The highest BCUT2D eigenvalue weighted by atomic mass is 32.1. The maximum atomic E-state index is 11.9. The Hall–Kier alpha value is -2.81. The summed E-state index contributed by atoms with van der Waals surface area (Å²) in [6.07, 6.45) is 0.650. The van der Waals surface area contributed by atoms with Crippen LogP contribution >= 0.6 is 12.2 Å². The SMILES string of the molecule is COc1ccc(OC)c(-c2cc(=O)[nH]c(=S)n2CCCN=C(N)N)c1. The number of nitrogens with two attached hydrogens (primary N) is 2. The van der Waals surface area contributed by atoms with Crippen LogP contribution in [0.4, 0.5) is 0 Å². The summed E-state index contributed by atoms with van der Waals surface area (Å²) in [5, 5.41) is 0. The molecule has 0 unspecified atom stereocenters. The molecule has 9 heteroatoms. The van der Waals surface area contributed by atoms with Gasteiger partial charge in [-0.2, -0.15) is 0 Å². The number of aromatic amines is 1. The highest BCUT2D eigenvalue weighted by molar-refractivity contribution is 7.71. The Labute approximate surface area is 150 Å². The van der Waals surface area contributed by atoms with Crippen molar-refractivity contribution < 1.29 is 9.47 Å². The highest BCUT2D eigenvalue weighted by Crippen LogP contribution is 2.32. The van der Waals surface area contributed by atoms with Crippen LogP contribution in [0.3, 0.4) is 0 Å². The van der Waals surface area contributed by atoms with Gasteiger partial charge in [0.25, 0.3) is 5.56 Å². The van der Waals surface area contributed by atoms with E-state index in [1.165, 1.54) is 6.07 Å². The van der Waals surface area contributed by atoms with Gasteiger partial charge in [0.2, 0.25) is 0 Å². The van der Waals surface area contributed by atoms with E-state index in [1.54, 1.807) is 32.4 Å². The number of nitrogens with one attached hydrogen (secondary N) is 1. The number of ether oxygens (including phenoxy) is 2. The normalized spacial score (nSPS) is 10.3. The van der Waals surface area contributed by atoms with Crippen LogP contribution in [0.15, 0.2) is 34.1 Å². The number of hydrogen-bond acceptors (Lipinski definition) is 5. The first-order chi connectivity index (χ1) is 12.0. The molecular formula is C16H21N5O3S. The number of guanidine groups is 1. The molecular weight excluding hydrogens is 342 g/mol. The van der Waals surface area contributed by atoms with Crippen LogP contribution in [0.25, 0.3) is 11.3 Å². The van der Waals surface area contributed by atoms with E-state index in [4.69, 9.17) is 33.2 Å². The third-order valence-electron chi connectivity index (χ3n) is 3.55. The van der Waals surface area contributed by atoms with Gasteiger partial charge < -0.3 is 25.5 Å². The number of benzene rings is 1. The number of rotatable bonds is 7. The van der Waals surface area contributed by atoms with Crippen molar-refractivity contribution in [3.8, 4) is 22.8 Å². The van der Waals surface area contributed by atoms with Crippen molar-refractivity contribution >= 4 is 18.2 Å². The van der Waals surface area contributed by atoms with Gasteiger partial charge in [-0.1, -0.05) is 0 Å². The molecule has 2 rings (SSSR count). The summed E-state index contributed by atoms with van der Waals surface area (Å²) in [5.74, 6) is 1.30. The quantitative estimate of drug-likeness (QED) is 0.295. The van der Waals surface area contributed by atoms with E-state index in [-0.39, 0.29) is 11.5 Å². The summed E-state index contributed by atoms with van der Waals surface area (Å²) in [6, 6.07) is 6.85. The van der Waals surface area contributed by atoms with Gasteiger partial charge in [0.05, 0.1) is 19.9 Å². The monoisotopic (exact) mass is 363 g/mol. The van der Waals surface area contributed by atoms with Gasteiger partial charge >= 0.3 is 0 Å². The van der Waals surface area contributed by atoms with Crippen LogP contribution in [0.1, 0.15) is 6.42 Å². The van der Waals surface area contributed by atoms with Crippen molar-refractivity contribution in [1.82, 2.24) is 9.55 Å². The van der Waals surface area contributed by atoms with E-state index in [0.717, 1.165) is 0 Å². The molecule has 0 radical (unpaired) electrons. The van der Waals surface area contributed by atoms with Gasteiger partial charge in [-0.05, 0) is 36.8 Å². The van der Waals surface area contributed by atoms with Crippen molar-refractivity contribution in [3.63, 3.8) is 0 Å². The van der Waals surface area contributed by atoms with Gasteiger partial charge in [0.1, 0.15) is 11.5 Å². The topological polar surface area (TPSA) is 121 Å². The third-order valence-corrected chi connectivity index (χ3v) is 3.87. The number of aliphatic imine (C=N–C) groups is 1. The van der Waals surface area contributed by atoms with Gasteiger partial charge in [0.15, 0.2) is 10.7 Å². The van der Waals surface area contributed by atoms with Gasteiger partial charge in [-0.3, -0.25) is 14.8 Å². The lowest BCUT2D eigenvalue weighted by Gasteiger charge is -2.16. The lowest BCUT2D eigenvalue weighted by atomic mass is 10.1. The lowest BCUT2D eigenvalue weighted by Crippen LogP contribution is -2.23. The van der Waals surface area contributed by atoms with Gasteiger partial charge in [0, 0.05) is 24.7 Å². The fourth-order valence-corrected chi connectivity index (χ4v) is 2.71. The zero-order valence-corrected chi connectivity index (χ0v) is 14.9. The number of H-pyrrole nitrogens is 1. The molecule has 0 spiro atoms. The molecule has 1 aromatic heterocycles. The first-order valence-electron chi connectivity index (χ1n) is 7.58. The number of hydrogen-bond donors (Lipinski definition) is 3. The molecule has 1 aromatic carbocycles. The van der Waals surface area contributed by atoms with Crippen molar-refractivity contribution in [3.05, 3.63) is 39.4 Å². The van der Waals surface area contributed by atoms with Gasteiger partial charge in [-0.15, -0.1) is 0 Å². The summed E-state index contributed by atoms with van der Waals surface area (Å²) in [5.41, 5.74) is 11.7. The molecule has 0 aliphatic rings. The molecule has 8 nitrogen and oxygen atoms in total. The first kappa shape index (κ1) is 18.5. The fourth-order valence-electron chi connectivity index (χ4n) is 2.42. The minimum Gasteiger partial charge on any atom is -0.497 e. The fraction of sp³-hybridized carbons (Fsp3) is 0.312. The third kappa shape index (κ3) is 4.60. The molecule has 0 amide bonds. The van der Waals surface area contributed by atoms with E-state index in [0.29, 0.717) is 47.0 Å². The average Bonchev–Trinajstić information content (AvgIpc) is 2.58. The molecule has 0 bridgehead atoms. The van der Waals surface area contributed by atoms with E-state index >= 15 is 0 Å². The second-order valence-corrected chi connectivity index (χ2v) is 5.59. The second kappa shape index (κ2) is 8.34. The van der Waals surface area contributed by atoms with Gasteiger partial charge in [-0.25, -0.2) is 0 Å². The lowest BCUT2D eigenvalue weighted by molar-refractivity contribution is 0.404. The number of aromatic nitrogens is 2. The zero-order valence-electron chi connectivity index (χ0n) is 14.1. The van der Waals surface area contributed by atoms with Crippen LogP contribution in [0, 0.1) is 4.77 Å². The van der Waals surface area contributed by atoms with Crippen LogP contribution < -0.4 is 26.5 Å². The van der Waals surface area contributed by atoms with Crippen LogP contribution in [-0.4, -0.2) is 36.3 Å². The van der Waals surface area contributed by atoms with Crippen LogP contribution in [0.2, 0.25) is 0 Å². The summed E-state index contributed by atoms with van der Waals surface area (Å²) < 4.78 is 12.8. The molecule has 1 heterocycles. The molecule has 2 aromatic rings. The smallest absolute Gasteiger partial charge is 0.252 e. The Bertz CT molecular complexity index is 884. The standard InChI is InChI=1S/C16H21N5O3S/c1-23-10-4-5-13(24-2)11(8-10)12-9-14(22)20-16(25)21(12)7-3-6-19-15(17)18/h4-5,8-9H,3,6-7H2,1-2H3,(H4,17,18,19)(H,20,22,25). The Morgan fingerprint density at radius 2 is 2.04 bits per heavy atom. The van der Waals surface area contributed by atoms with Crippen molar-refractivity contribution in [2.75, 3.05) is 20.8 Å². The Morgan fingerprint density at radius 1 is 1.28 bits per heavy atom. The maximum absolute atomic E-state index is 11.9. The number of nitrogens with zero attached hydrogens (tertiary/aromatic N) is 2. The van der Waals surface area contributed by atoms with Crippen LogP contribution in [-0.2, 0) is 6.54 Å². The van der Waals surface area contributed by atoms with Crippen molar-refractivity contribution in [2.45, 2.75) is 13.0 Å². The van der Waals surface area contributed by atoms with E-state index in [9.17, 15) is 4.79 Å². The molecule has 134 valence electrons. The van der Waals surface area contributed by atoms with Crippen LogP contribution in [0.5, 0.6) is 11.5 Å². The first-order valence-corrected chi connectivity index (χ1v) is 7.99. The van der Waals surface area contributed by atoms with Crippen molar-refractivity contribution in [2.24, 2.45) is 16.5 Å². The molecule has 5 N–H and O–H groups in total. The highest BCUT2D eigenvalue weighted by Gasteiger charge is 2.13. The summed E-state index contributed by atoms with van der Waals surface area (Å²) in [6.45, 7) is 0.986. The molecule has 0 atom stereocenters. The van der Waals surface area contributed by atoms with E-state index < -0.39 is 0 Å². The molecule has 0 fully saturated rings. The van der Waals surface area contributed by atoms with Crippen molar-refractivity contribution in [1.29, 1.82) is 0 Å². The maximum Gasteiger partial charge on any atom is 0.252 e. The molecule has 0 saturated carbocycles. The summed E-state index contributed by atoms with van der Waals surface area (Å²) in [4.78, 5) is 18.5. The Balaban J connectivity index is 2.52. The number of methoxy groups -OCH3 is 2. The molecule has 0 aliphatic carbocycles. The summed E-state index contributed by atoms with van der Waals surface area (Å²) in [7, 11) is 3.14. The molecule has 25 heavy (non-hydrogen) atoms. The van der Waals surface area contributed by atoms with E-state index in [2.05, 4.69) is 9.98 Å². The predicted octanol–water partition coefficient (Wildman–Crippen LogP) is 1.25. The minimum atomic E-state index is -0.287. The Kier molecular flexibility index (Phi) is 6.18. The molecule has 0 aliphatic heterocycles. The van der Waals surface area contributed by atoms with E-state index in [1.807, 2.05) is 4.57 Å². The second-order valence-electron chi connectivity index (χ2n) is 5.20. The largest absolute Gasteiger partial charge is 0.497 e. The average molecular weight is 363 g/mol. The molecule has 0 saturated heterocycles.